The smallest absolute Gasteiger partial charge is 0.337 e. The number of piperazine rings is 1. The molecule has 0 saturated carbocycles. The van der Waals surface area contributed by atoms with Gasteiger partial charge in [-0.2, -0.15) is 0 Å². The van der Waals surface area contributed by atoms with Gasteiger partial charge in [0.15, 0.2) is 0 Å². The number of nitrogens with zero attached hydrogens (tertiary/aromatic N) is 1. The van der Waals surface area contributed by atoms with Crippen molar-refractivity contribution >= 4 is 11.7 Å². The van der Waals surface area contributed by atoms with Gasteiger partial charge >= 0.3 is 5.97 Å². The van der Waals surface area contributed by atoms with Gasteiger partial charge in [0.05, 0.1) is 19.3 Å². The number of methoxy groups -OCH3 is 2. The van der Waals surface area contributed by atoms with Gasteiger partial charge in [-0.25, -0.2) is 4.79 Å². The highest BCUT2D eigenvalue weighted by Gasteiger charge is 2.15. The summed E-state index contributed by atoms with van der Waals surface area (Å²) in [7, 11) is 3.05. The van der Waals surface area contributed by atoms with E-state index in [0.717, 1.165) is 37.4 Å². The van der Waals surface area contributed by atoms with Gasteiger partial charge < -0.3 is 19.7 Å². The first-order valence-corrected chi connectivity index (χ1v) is 6.41. The summed E-state index contributed by atoms with van der Waals surface area (Å²) in [6, 6.07) is 5.78. The van der Waals surface area contributed by atoms with Crippen LogP contribution in [0.2, 0.25) is 0 Å². The van der Waals surface area contributed by atoms with Gasteiger partial charge in [-0.3, -0.25) is 0 Å². The first-order chi connectivity index (χ1) is 9.24. The highest BCUT2D eigenvalue weighted by molar-refractivity contribution is 5.90. The number of hydrogen-bond acceptors (Lipinski definition) is 5. The predicted octanol–water partition coefficient (Wildman–Crippen LogP) is 1.03. The first-order valence-electron chi connectivity index (χ1n) is 6.41. The molecule has 1 aromatic rings. The van der Waals surface area contributed by atoms with E-state index in [9.17, 15) is 4.79 Å². The Kier molecular flexibility index (Phi) is 4.76. The SMILES string of the molecule is COCc1cc(C(=O)OC)cc(N2CCNCC2)c1. The van der Waals surface area contributed by atoms with E-state index in [1.54, 1.807) is 7.11 Å². The van der Waals surface area contributed by atoms with Crippen LogP contribution in [0.1, 0.15) is 15.9 Å². The van der Waals surface area contributed by atoms with Gasteiger partial charge in [-0.15, -0.1) is 0 Å². The summed E-state index contributed by atoms with van der Waals surface area (Å²) in [6.45, 7) is 4.29. The van der Waals surface area contributed by atoms with Crippen molar-refractivity contribution in [3.8, 4) is 0 Å². The van der Waals surface area contributed by atoms with Crippen molar-refractivity contribution in [3.05, 3.63) is 29.3 Å². The minimum Gasteiger partial charge on any atom is -0.465 e. The maximum absolute atomic E-state index is 11.7. The number of rotatable bonds is 4. The maximum atomic E-state index is 11.7. The van der Waals surface area contributed by atoms with E-state index in [1.165, 1.54) is 7.11 Å². The summed E-state index contributed by atoms with van der Waals surface area (Å²) < 4.78 is 9.96. The molecule has 0 unspecified atom stereocenters. The van der Waals surface area contributed by atoms with Gasteiger partial charge in [0.1, 0.15) is 0 Å². The molecule has 1 aromatic carbocycles. The van der Waals surface area contributed by atoms with Crippen LogP contribution in [-0.2, 0) is 16.1 Å². The molecule has 0 atom stereocenters. The number of benzene rings is 1. The molecule has 104 valence electrons. The molecule has 1 N–H and O–H groups in total. The number of hydrogen-bond donors (Lipinski definition) is 1. The summed E-state index contributed by atoms with van der Waals surface area (Å²) in [5, 5.41) is 3.31. The molecule has 2 rings (SSSR count). The zero-order valence-corrected chi connectivity index (χ0v) is 11.4. The number of nitrogens with one attached hydrogen (secondary N) is 1. The zero-order valence-electron chi connectivity index (χ0n) is 11.4. The molecule has 5 nitrogen and oxygen atoms in total. The lowest BCUT2D eigenvalue weighted by Crippen LogP contribution is -2.43. The van der Waals surface area contributed by atoms with E-state index in [2.05, 4.69) is 16.3 Å². The van der Waals surface area contributed by atoms with Crippen LogP contribution in [0.25, 0.3) is 0 Å². The molecule has 1 heterocycles. The standard InChI is InChI=1S/C14H20N2O3/c1-18-10-11-7-12(14(17)19-2)9-13(8-11)16-5-3-15-4-6-16/h7-9,15H,3-6,10H2,1-2H3. The van der Waals surface area contributed by atoms with Crippen molar-refractivity contribution in [2.45, 2.75) is 6.61 Å². The second-order valence-corrected chi connectivity index (χ2v) is 4.55. The van der Waals surface area contributed by atoms with Crippen LogP contribution in [0.4, 0.5) is 5.69 Å². The van der Waals surface area contributed by atoms with E-state index in [1.807, 2.05) is 12.1 Å². The van der Waals surface area contributed by atoms with Crippen LogP contribution >= 0.6 is 0 Å². The fourth-order valence-electron chi connectivity index (χ4n) is 2.27. The third kappa shape index (κ3) is 3.45. The summed E-state index contributed by atoms with van der Waals surface area (Å²) in [5.74, 6) is -0.311. The van der Waals surface area contributed by atoms with Gasteiger partial charge in [-0.1, -0.05) is 0 Å². The van der Waals surface area contributed by atoms with Crippen molar-refractivity contribution in [2.24, 2.45) is 0 Å². The lowest BCUT2D eigenvalue weighted by molar-refractivity contribution is 0.0600. The van der Waals surface area contributed by atoms with Crippen LogP contribution in [-0.4, -0.2) is 46.4 Å². The summed E-state index contributed by atoms with van der Waals surface area (Å²) in [5.41, 5.74) is 2.61. The Hall–Kier alpha value is -1.59. The number of carbonyl (C=O) groups excluding carboxylic acids is 1. The lowest BCUT2D eigenvalue weighted by Gasteiger charge is -2.30. The molecule has 0 radical (unpaired) electrons. The van der Waals surface area contributed by atoms with E-state index in [4.69, 9.17) is 9.47 Å². The maximum Gasteiger partial charge on any atom is 0.337 e. The van der Waals surface area contributed by atoms with Crippen molar-refractivity contribution in [2.75, 3.05) is 45.3 Å². The molecule has 1 aliphatic heterocycles. The Balaban J connectivity index is 2.29. The molecule has 0 bridgehead atoms. The van der Waals surface area contributed by atoms with E-state index in [0.29, 0.717) is 12.2 Å². The number of ether oxygens (including phenoxy) is 2. The predicted molar refractivity (Wildman–Crippen MR) is 73.6 cm³/mol. The largest absolute Gasteiger partial charge is 0.465 e. The third-order valence-electron chi connectivity index (χ3n) is 3.19. The van der Waals surface area contributed by atoms with Crippen molar-refractivity contribution in [3.63, 3.8) is 0 Å². The van der Waals surface area contributed by atoms with Crippen molar-refractivity contribution < 1.29 is 14.3 Å². The second kappa shape index (κ2) is 6.54. The molecule has 0 spiro atoms. The monoisotopic (exact) mass is 264 g/mol. The highest BCUT2D eigenvalue weighted by Crippen LogP contribution is 2.21. The van der Waals surface area contributed by atoms with Crippen molar-refractivity contribution in [1.82, 2.24) is 5.32 Å². The van der Waals surface area contributed by atoms with Crippen LogP contribution in [0.5, 0.6) is 0 Å². The second-order valence-electron chi connectivity index (χ2n) is 4.55. The molecular weight excluding hydrogens is 244 g/mol. The van der Waals surface area contributed by atoms with Crippen LogP contribution < -0.4 is 10.2 Å². The first kappa shape index (κ1) is 13.8. The normalized spacial score (nSPS) is 15.4. The van der Waals surface area contributed by atoms with Gasteiger partial charge in [0, 0.05) is 39.0 Å². The van der Waals surface area contributed by atoms with Gasteiger partial charge in [-0.05, 0) is 23.8 Å². The lowest BCUT2D eigenvalue weighted by atomic mass is 10.1. The Morgan fingerprint density at radius 2 is 2.00 bits per heavy atom. The molecule has 1 saturated heterocycles. The zero-order chi connectivity index (χ0) is 13.7. The quantitative estimate of drug-likeness (QED) is 0.823. The minimum atomic E-state index is -0.311. The Bertz CT molecular complexity index is 442. The molecule has 0 aliphatic carbocycles. The van der Waals surface area contributed by atoms with Gasteiger partial charge in [0.2, 0.25) is 0 Å². The fraction of sp³-hybridized carbons (Fsp3) is 0.500. The average molecular weight is 264 g/mol. The van der Waals surface area contributed by atoms with Crippen LogP contribution in [0.3, 0.4) is 0 Å². The fourth-order valence-corrected chi connectivity index (χ4v) is 2.27. The van der Waals surface area contributed by atoms with E-state index >= 15 is 0 Å². The number of anilines is 1. The summed E-state index contributed by atoms with van der Waals surface area (Å²) in [4.78, 5) is 14.0. The van der Waals surface area contributed by atoms with Crippen molar-refractivity contribution in [1.29, 1.82) is 0 Å². The molecule has 0 amide bonds. The number of esters is 1. The Labute approximate surface area is 113 Å². The molecule has 0 aromatic heterocycles. The number of carbonyl (C=O) groups is 1. The van der Waals surface area contributed by atoms with Crippen LogP contribution in [0.15, 0.2) is 18.2 Å². The van der Waals surface area contributed by atoms with E-state index in [-0.39, 0.29) is 5.97 Å². The van der Waals surface area contributed by atoms with Crippen LogP contribution in [0, 0.1) is 0 Å². The minimum absolute atomic E-state index is 0.311. The molecular formula is C14H20N2O3. The summed E-state index contributed by atoms with van der Waals surface area (Å²) in [6.07, 6.45) is 0. The molecule has 5 heteroatoms. The average Bonchev–Trinajstić information content (AvgIpc) is 2.47. The van der Waals surface area contributed by atoms with Gasteiger partial charge in [0.25, 0.3) is 0 Å². The molecule has 19 heavy (non-hydrogen) atoms. The Morgan fingerprint density at radius 1 is 1.26 bits per heavy atom. The third-order valence-corrected chi connectivity index (χ3v) is 3.19. The molecule has 1 fully saturated rings. The molecule has 1 aliphatic rings. The Morgan fingerprint density at radius 3 is 2.63 bits per heavy atom. The highest BCUT2D eigenvalue weighted by atomic mass is 16.5. The topological polar surface area (TPSA) is 50.8 Å². The van der Waals surface area contributed by atoms with E-state index < -0.39 is 0 Å². The summed E-state index contributed by atoms with van der Waals surface area (Å²) >= 11 is 0.